The average Bonchev–Trinajstić information content (AvgIpc) is 2.46. The number of esters is 1. The van der Waals surface area contributed by atoms with Crippen molar-refractivity contribution in [2.24, 2.45) is 0 Å². The summed E-state index contributed by atoms with van der Waals surface area (Å²) in [6.07, 6.45) is 3.23. The van der Waals surface area contributed by atoms with Crippen LogP contribution < -0.4 is 0 Å². The topological polar surface area (TPSA) is 61.8 Å². The van der Waals surface area contributed by atoms with Crippen LogP contribution in [0.1, 0.15) is 25.0 Å². The number of rotatable bonds is 8. The Morgan fingerprint density at radius 1 is 1.14 bits per heavy atom. The number of methoxy groups -OCH3 is 1. The highest BCUT2D eigenvalue weighted by Gasteiger charge is 2.23. The second-order valence-electron chi connectivity index (χ2n) is 4.20. The third-order valence-electron chi connectivity index (χ3n) is 2.62. The van der Waals surface area contributed by atoms with Gasteiger partial charge in [-0.15, -0.1) is 0 Å². The first-order chi connectivity index (χ1) is 10.0. The molecule has 116 valence electrons. The molecule has 0 N–H and O–H groups in total. The number of hydrogen-bond donors (Lipinski definition) is 0. The number of carbonyl (C=O) groups excluding carboxylic acids is 1. The second kappa shape index (κ2) is 8.78. The fraction of sp³-hybridized carbons (Fsp3) is 0.400. The van der Waals surface area contributed by atoms with Crippen LogP contribution in [0.15, 0.2) is 30.3 Å². The van der Waals surface area contributed by atoms with Crippen molar-refractivity contribution in [3.8, 4) is 0 Å². The van der Waals surface area contributed by atoms with Gasteiger partial charge in [0.05, 0.1) is 26.5 Å². The van der Waals surface area contributed by atoms with Crippen molar-refractivity contribution in [2.75, 3.05) is 20.3 Å². The average molecular weight is 312 g/mol. The third-order valence-corrected chi connectivity index (χ3v) is 4.68. The maximum atomic E-state index is 12.4. The SMILES string of the molecule is CCOP(=O)(Cc1ccc(C=CC(=O)OC)cc1)OCC. The van der Waals surface area contributed by atoms with Crippen molar-refractivity contribution in [1.82, 2.24) is 0 Å². The van der Waals surface area contributed by atoms with Crippen LogP contribution in [0.25, 0.3) is 6.08 Å². The normalized spacial score (nSPS) is 11.8. The van der Waals surface area contributed by atoms with E-state index >= 15 is 0 Å². The van der Waals surface area contributed by atoms with Gasteiger partial charge in [0.1, 0.15) is 0 Å². The van der Waals surface area contributed by atoms with Crippen molar-refractivity contribution < 1.29 is 23.1 Å². The standard InChI is InChI=1S/C15H21O5P/c1-4-19-21(17,20-5-2)12-14-8-6-13(7-9-14)10-11-15(16)18-3/h6-11H,4-5,12H2,1-3H3. The van der Waals surface area contributed by atoms with E-state index in [1.54, 1.807) is 19.9 Å². The zero-order valence-electron chi connectivity index (χ0n) is 12.6. The molecule has 0 saturated heterocycles. The van der Waals surface area contributed by atoms with Gasteiger partial charge >= 0.3 is 13.6 Å². The largest absolute Gasteiger partial charge is 0.466 e. The van der Waals surface area contributed by atoms with E-state index in [1.807, 2.05) is 24.3 Å². The Morgan fingerprint density at radius 2 is 1.71 bits per heavy atom. The van der Waals surface area contributed by atoms with Gasteiger partial charge in [0.25, 0.3) is 0 Å². The molecule has 1 aromatic carbocycles. The minimum atomic E-state index is -3.08. The lowest BCUT2D eigenvalue weighted by atomic mass is 10.1. The Kier molecular flexibility index (Phi) is 7.37. The molecule has 1 aromatic rings. The number of carbonyl (C=O) groups is 1. The van der Waals surface area contributed by atoms with Crippen molar-refractivity contribution in [1.29, 1.82) is 0 Å². The zero-order valence-corrected chi connectivity index (χ0v) is 13.5. The van der Waals surface area contributed by atoms with Gasteiger partial charge in [0.15, 0.2) is 0 Å². The van der Waals surface area contributed by atoms with Crippen LogP contribution in [0.3, 0.4) is 0 Å². The Hall–Kier alpha value is -1.42. The van der Waals surface area contributed by atoms with E-state index in [1.165, 1.54) is 13.2 Å². The smallest absolute Gasteiger partial charge is 0.335 e. The molecule has 0 aliphatic heterocycles. The summed E-state index contributed by atoms with van der Waals surface area (Å²) in [5.74, 6) is -0.406. The van der Waals surface area contributed by atoms with Gasteiger partial charge in [-0.3, -0.25) is 4.57 Å². The first-order valence-electron chi connectivity index (χ1n) is 6.76. The molecular formula is C15H21O5P. The van der Waals surface area contributed by atoms with Gasteiger partial charge < -0.3 is 13.8 Å². The first-order valence-corrected chi connectivity index (χ1v) is 8.49. The lowest BCUT2D eigenvalue weighted by Gasteiger charge is -2.16. The van der Waals surface area contributed by atoms with Gasteiger partial charge in [0.2, 0.25) is 0 Å². The predicted molar refractivity (Wildman–Crippen MR) is 82.1 cm³/mol. The summed E-state index contributed by atoms with van der Waals surface area (Å²) < 4.78 is 27.4. The van der Waals surface area contributed by atoms with Crippen molar-refractivity contribution in [2.45, 2.75) is 20.0 Å². The van der Waals surface area contributed by atoms with Crippen LogP contribution in [-0.2, 0) is 29.3 Å². The highest BCUT2D eigenvalue weighted by Crippen LogP contribution is 2.51. The monoisotopic (exact) mass is 312 g/mol. The molecule has 0 aliphatic rings. The number of ether oxygens (including phenoxy) is 1. The molecule has 0 bridgehead atoms. The van der Waals surface area contributed by atoms with E-state index in [-0.39, 0.29) is 6.16 Å². The fourth-order valence-electron chi connectivity index (χ4n) is 1.71. The molecule has 6 heteroatoms. The molecule has 0 atom stereocenters. The quantitative estimate of drug-likeness (QED) is 0.416. The van der Waals surface area contributed by atoms with E-state index in [2.05, 4.69) is 4.74 Å². The Balaban J connectivity index is 2.75. The molecule has 1 rings (SSSR count). The van der Waals surface area contributed by atoms with Crippen LogP contribution in [0, 0.1) is 0 Å². The van der Waals surface area contributed by atoms with Gasteiger partial charge in [-0.2, -0.15) is 0 Å². The summed E-state index contributed by atoms with van der Waals surface area (Å²) >= 11 is 0. The molecule has 0 unspecified atom stereocenters. The van der Waals surface area contributed by atoms with Crippen LogP contribution in [-0.4, -0.2) is 26.3 Å². The minimum Gasteiger partial charge on any atom is -0.466 e. The maximum Gasteiger partial charge on any atom is 0.335 e. The highest BCUT2D eigenvalue weighted by molar-refractivity contribution is 7.53. The summed E-state index contributed by atoms with van der Waals surface area (Å²) in [5.41, 5.74) is 1.71. The van der Waals surface area contributed by atoms with E-state index in [9.17, 15) is 9.36 Å². The first kappa shape index (κ1) is 17.6. The molecule has 0 aliphatic carbocycles. The van der Waals surface area contributed by atoms with Gasteiger partial charge in [-0.1, -0.05) is 24.3 Å². The van der Waals surface area contributed by atoms with E-state index < -0.39 is 13.6 Å². The third kappa shape index (κ3) is 6.25. The zero-order chi connectivity index (χ0) is 15.7. The highest BCUT2D eigenvalue weighted by atomic mass is 31.2. The van der Waals surface area contributed by atoms with E-state index in [0.29, 0.717) is 13.2 Å². The Morgan fingerprint density at radius 3 is 2.19 bits per heavy atom. The molecule has 0 heterocycles. The summed E-state index contributed by atoms with van der Waals surface area (Å²) in [4.78, 5) is 11.0. The molecule has 0 saturated carbocycles. The van der Waals surface area contributed by atoms with E-state index in [4.69, 9.17) is 9.05 Å². The molecular weight excluding hydrogens is 291 g/mol. The predicted octanol–water partition coefficient (Wildman–Crippen LogP) is 3.64. The van der Waals surface area contributed by atoms with Gasteiger partial charge in [-0.05, 0) is 31.1 Å². The van der Waals surface area contributed by atoms with Gasteiger partial charge in [0, 0.05) is 6.08 Å². The van der Waals surface area contributed by atoms with Crippen LogP contribution in [0.4, 0.5) is 0 Å². The maximum absolute atomic E-state index is 12.4. The number of benzene rings is 1. The lowest BCUT2D eigenvalue weighted by Crippen LogP contribution is -1.99. The van der Waals surface area contributed by atoms with Gasteiger partial charge in [-0.25, -0.2) is 4.79 Å². The molecule has 0 spiro atoms. The van der Waals surface area contributed by atoms with Crippen molar-refractivity contribution in [3.05, 3.63) is 41.5 Å². The molecule has 0 aromatic heterocycles. The lowest BCUT2D eigenvalue weighted by molar-refractivity contribution is -0.134. The van der Waals surface area contributed by atoms with Crippen molar-refractivity contribution in [3.63, 3.8) is 0 Å². The molecule has 0 fully saturated rings. The fourth-order valence-corrected chi connectivity index (χ4v) is 3.41. The van der Waals surface area contributed by atoms with Crippen LogP contribution >= 0.6 is 7.60 Å². The molecule has 21 heavy (non-hydrogen) atoms. The molecule has 0 amide bonds. The van der Waals surface area contributed by atoms with Crippen LogP contribution in [0.5, 0.6) is 0 Å². The molecule has 5 nitrogen and oxygen atoms in total. The number of hydrogen-bond acceptors (Lipinski definition) is 5. The molecule has 0 radical (unpaired) electrons. The minimum absolute atomic E-state index is 0.232. The summed E-state index contributed by atoms with van der Waals surface area (Å²) in [6.45, 7) is 4.26. The Bertz CT molecular complexity index is 511. The van der Waals surface area contributed by atoms with Crippen molar-refractivity contribution >= 4 is 19.6 Å². The summed E-state index contributed by atoms with van der Waals surface area (Å²) in [5, 5.41) is 0. The Labute approximate surface area is 125 Å². The summed E-state index contributed by atoms with van der Waals surface area (Å²) in [7, 11) is -1.76. The second-order valence-corrected chi connectivity index (χ2v) is 6.26. The van der Waals surface area contributed by atoms with Crippen LogP contribution in [0.2, 0.25) is 0 Å². The summed E-state index contributed by atoms with van der Waals surface area (Å²) in [6, 6.07) is 7.33. The van der Waals surface area contributed by atoms with E-state index in [0.717, 1.165) is 11.1 Å².